The summed E-state index contributed by atoms with van der Waals surface area (Å²) in [6.45, 7) is 0. The first kappa shape index (κ1) is 9.46. The molecule has 1 aliphatic carbocycles. The molecule has 0 aliphatic heterocycles. The third-order valence-electron chi connectivity index (χ3n) is 2.29. The molecule has 1 saturated carbocycles. The van der Waals surface area contributed by atoms with Gasteiger partial charge < -0.3 is 4.74 Å². The van der Waals surface area contributed by atoms with Crippen LogP contribution < -0.4 is 0 Å². The van der Waals surface area contributed by atoms with E-state index in [4.69, 9.17) is 11.6 Å². The lowest BCUT2D eigenvalue weighted by Crippen LogP contribution is -2.05. The number of halogens is 1. The Balaban J connectivity index is 2.30. The normalized spacial score (nSPS) is 15.3. The summed E-state index contributed by atoms with van der Waals surface area (Å²) < 4.78 is 4.55. The van der Waals surface area contributed by atoms with E-state index in [-0.39, 0.29) is 5.69 Å². The molecule has 0 spiro atoms. The van der Waals surface area contributed by atoms with Crippen molar-refractivity contribution in [2.24, 2.45) is 0 Å². The van der Waals surface area contributed by atoms with E-state index in [9.17, 15) is 4.79 Å². The van der Waals surface area contributed by atoms with Crippen molar-refractivity contribution in [2.45, 2.75) is 18.8 Å². The van der Waals surface area contributed by atoms with Gasteiger partial charge in [-0.15, -0.1) is 0 Å². The molecule has 0 N–H and O–H groups in total. The summed E-state index contributed by atoms with van der Waals surface area (Å²) >= 11 is 5.91. The molecule has 1 heterocycles. The Bertz CT molecular complexity index is 374. The number of hydrogen-bond donors (Lipinski definition) is 0. The van der Waals surface area contributed by atoms with E-state index in [2.05, 4.69) is 9.72 Å². The molecule has 4 heteroatoms. The Labute approximate surface area is 87.0 Å². The number of ether oxygens (including phenoxy) is 1. The van der Waals surface area contributed by atoms with Crippen molar-refractivity contribution in [1.29, 1.82) is 0 Å². The molecule has 0 bridgehead atoms. The molecule has 0 radical (unpaired) electrons. The quantitative estimate of drug-likeness (QED) is 0.706. The minimum Gasteiger partial charge on any atom is -0.464 e. The van der Waals surface area contributed by atoms with Crippen molar-refractivity contribution < 1.29 is 9.53 Å². The van der Waals surface area contributed by atoms with E-state index in [1.807, 2.05) is 0 Å². The second-order valence-corrected chi connectivity index (χ2v) is 3.77. The van der Waals surface area contributed by atoms with Crippen LogP contribution in [0.5, 0.6) is 0 Å². The number of nitrogens with zero attached hydrogens (tertiary/aromatic N) is 1. The second kappa shape index (κ2) is 3.58. The van der Waals surface area contributed by atoms with Gasteiger partial charge in [-0.05, 0) is 30.4 Å². The Morgan fingerprint density at radius 1 is 1.64 bits per heavy atom. The SMILES string of the molecule is COC(=O)c1ncc(C2CC2)cc1Cl. The van der Waals surface area contributed by atoms with Gasteiger partial charge >= 0.3 is 5.97 Å². The molecule has 0 aromatic carbocycles. The zero-order chi connectivity index (χ0) is 10.1. The summed E-state index contributed by atoms with van der Waals surface area (Å²) in [7, 11) is 1.31. The largest absolute Gasteiger partial charge is 0.464 e. The van der Waals surface area contributed by atoms with E-state index < -0.39 is 5.97 Å². The number of rotatable bonds is 2. The Kier molecular flexibility index (Phi) is 2.42. The third kappa shape index (κ3) is 1.73. The average molecular weight is 212 g/mol. The van der Waals surface area contributed by atoms with Crippen LogP contribution >= 0.6 is 11.6 Å². The highest BCUT2D eigenvalue weighted by atomic mass is 35.5. The Morgan fingerprint density at radius 2 is 2.36 bits per heavy atom. The molecule has 1 aromatic heterocycles. The van der Waals surface area contributed by atoms with Gasteiger partial charge in [0.05, 0.1) is 12.1 Å². The van der Waals surface area contributed by atoms with Gasteiger partial charge in [0.2, 0.25) is 0 Å². The first-order valence-electron chi connectivity index (χ1n) is 4.46. The van der Waals surface area contributed by atoms with Crippen LogP contribution in [0.1, 0.15) is 34.8 Å². The van der Waals surface area contributed by atoms with Crippen LogP contribution in [0.3, 0.4) is 0 Å². The van der Waals surface area contributed by atoms with E-state index in [0.717, 1.165) is 5.56 Å². The molecule has 0 unspecified atom stereocenters. The number of pyridine rings is 1. The maximum Gasteiger partial charge on any atom is 0.358 e. The fourth-order valence-corrected chi connectivity index (χ4v) is 1.59. The van der Waals surface area contributed by atoms with Crippen molar-refractivity contribution >= 4 is 17.6 Å². The molecule has 14 heavy (non-hydrogen) atoms. The van der Waals surface area contributed by atoms with Gasteiger partial charge in [0.15, 0.2) is 5.69 Å². The van der Waals surface area contributed by atoms with Crippen LogP contribution in [0.4, 0.5) is 0 Å². The standard InChI is InChI=1S/C10H10ClNO2/c1-14-10(13)9-8(11)4-7(5-12-9)6-2-3-6/h4-6H,2-3H2,1H3. The first-order chi connectivity index (χ1) is 6.72. The van der Waals surface area contributed by atoms with Crippen LogP contribution in [0.25, 0.3) is 0 Å². The molecule has 3 nitrogen and oxygen atoms in total. The first-order valence-corrected chi connectivity index (χ1v) is 4.84. The van der Waals surface area contributed by atoms with Crippen molar-refractivity contribution in [3.05, 3.63) is 28.5 Å². The highest BCUT2D eigenvalue weighted by Gasteiger charge is 2.25. The van der Waals surface area contributed by atoms with Crippen molar-refractivity contribution in [1.82, 2.24) is 4.98 Å². The molecule has 0 atom stereocenters. The number of methoxy groups -OCH3 is 1. The van der Waals surface area contributed by atoms with E-state index in [0.29, 0.717) is 10.9 Å². The van der Waals surface area contributed by atoms with Gasteiger partial charge in [0, 0.05) is 6.20 Å². The number of carbonyl (C=O) groups is 1. The lowest BCUT2D eigenvalue weighted by atomic mass is 10.2. The van der Waals surface area contributed by atoms with Gasteiger partial charge in [-0.25, -0.2) is 9.78 Å². The Hall–Kier alpha value is -1.09. The minimum atomic E-state index is -0.489. The summed E-state index contributed by atoms with van der Waals surface area (Å²) in [6.07, 6.45) is 4.08. The highest BCUT2D eigenvalue weighted by molar-refractivity contribution is 6.33. The number of aromatic nitrogens is 1. The van der Waals surface area contributed by atoms with E-state index in [1.165, 1.54) is 20.0 Å². The molecule has 1 aromatic rings. The van der Waals surface area contributed by atoms with Crippen molar-refractivity contribution in [3.8, 4) is 0 Å². The predicted molar refractivity (Wildman–Crippen MR) is 52.6 cm³/mol. The summed E-state index contributed by atoms with van der Waals surface area (Å²) in [4.78, 5) is 15.2. The predicted octanol–water partition coefficient (Wildman–Crippen LogP) is 2.40. The monoisotopic (exact) mass is 211 g/mol. The molecular weight excluding hydrogens is 202 g/mol. The molecule has 1 fully saturated rings. The van der Waals surface area contributed by atoms with Crippen LogP contribution in [0.15, 0.2) is 12.3 Å². The van der Waals surface area contributed by atoms with Gasteiger partial charge in [-0.2, -0.15) is 0 Å². The van der Waals surface area contributed by atoms with Gasteiger partial charge in [0.25, 0.3) is 0 Å². The van der Waals surface area contributed by atoms with Gasteiger partial charge in [-0.1, -0.05) is 11.6 Å². The molecular formula is C10H10ClNO2. The zero-order valence-electron chi connectivity index (χ0n) is 7.79. The molecule has 2 rings (SSSR count). The number of esters is 1. The summed E-state index contributed by atoms with van der Waals surface area (Å²) in [5.74, 6) is 0.101. The van der Waals surface area contributed by atoms with Crippen LogP contribution in [-0.4, -0.2) is 18.1 Å². The fourth-order valence-electron chi connectivity index (χ4n) is 1.34. The minimum absolute atomic E-state index is 0.193. The fraction of sp³-hybridized carbons (Fsp3) is 0.400. The Morgan fingerprint density at radius 3 is 2.86 bits per heavy atom. The zero-order valence-corrected chi connectivity index (χ0v) is 8.54. The van der Waals surface area contributed by atoms with Crippen LogP contribution in [-0.2, 0) is 4.74 Å². The third-order valence-corrected chi connectivity index (χ3v) is 2.58. The summed E-state index contributed by atoms with van der Waals surface area (Å²) in [5, 5.41) is 0.376. The number of hydrogen-bond acceptors (Lipinski definition) is 3. The summed E-state index contributed by atoms with van der Waals surface area (Å²) in [5.41, 5.74) is 1.31. The summed E-state index contributed by atoms with van der Waals surface area (Å²) in [6, 6.07) is 1.80. The second-order valence-electron chi connectivity index (χ2n) is 3.36. The molecule has 0 saturated heterocycles. The van der Waals surface area contributed by atoms with E-state index in [1.54, 1.807) is 12.3 Å². The van der Waals surface area contributed by atoms with Gasteiger partial charge in [-0.3, -0.25) is 0 Å². The smallest absolute Gasteiger partial charge is 0.358 e. The van der Waals surface area contributed by atoms with E-state index >= 15 is 0 Å². The van der Waals surface area contributed by atoms with Crippen LogP contribution in [0, 0.1) is 0 Å². The molecule has 1 aliphatic rings. The highest BCUT2D eigenvalue weighted by Crippen LogP contribution is 2.40. The van der Waals surface area contributed by atoms with Gasteiger partial charge in [0.1, 0.15) is 0 Å². The topological polar surface area (TPSA) is 39.2 Å². The van der Waals surface area contributed by atoms with Crippen molar-refractivity contribution in [3.63, 3.8) is 0 Å². The lowest BCUT2D eigenvalue weighted by Gasteiger charge is -2.03. The average Bonchev–Trinajstić information content (AvgIpc) is 3.00. The number of carbonyl (C=O) groups excluding carboxylic acids is 1. The lowest BCUT2D eigenvalue weighted by molar-refractivity contribution is 0.0594. The maximum absolute atomic E-state index is 11.2. The van der Waals surface area contributed by atoms with Crippen LogP contribution in [0.2, 0.25) is 5.02 Å². The van der Waals surface area contributed by atoms with Crippen molar-refractivity contribution in [2.75, 3.05) is 7.11 Å². The molecule has 74 valence electrons. The molecule has 0 amide bonds. The maximum atomic E-state index is 11.2.